The first kappa shape index (κ1) is 17.4. The van der Waals surface area contributed by atoms with Gasteiger partial charge in [-0.15, -0.1) is 0 Å². The van der Waals surface area contributed by atoms with Crippen LogP contribution in [-0.4, -0.2) is 51.5 Å². The van der Waals surface area contributed by atoms with Gasteiger partial charge in [0.15, 0.2) is 0 Å². The van der Waals surface area contributed by atoms with Crippen molar-refractivity contribution in [3.63, 3.8) is 0 Å². The Hall–Kier alpha value is -2.64. The van der Waals surface area contributed by atoms with Gasteiger partial charge in [-0.3, -0.25) is 4.99 Å². The fourth-order valence-electron chi connectivity index (χ4n) is 1.90. The zero-order chi connectivity index (χ0) is 16.9. The number of carbonyl (C=O) groups is 3. The van der Waals surface area contributed by atoms with Gasteiger partial charge in [-0.25, -0.2) is 14.4 Å². The van der Waals surface area contributed by atoms with Gasteiger partial charge in [0.1, 0.15) is 17.8 Å². The Kier molecular flexibility index (Phi) is 5.85. The maximum absolute atomic E-state index is 11.0. The Morgan fingerprint density at radius 3 is 2.41 bits per heavy atom. The first-order chi connectivity index (χ1) is 10.2. The van der Waals surface area contributed by atoms with Crippen LogP contribution in [0.2, 0.25) is 0 Å². The topological polar surface area (TPSA) is 136 Å². The molecular formula is C14H18N2O6. The van der Waals surface area contributed by atoms with Crippen molar-refractivity contribution in [2.24, 2.45) is 10.9 Å². The van der Waals surface area contributed by atoms with E-state index < -0.39 is 30.0 Å². The maximum atomic E-state index is 11.0. The normalized spacial score (nSPS) is 21.5. The summed E-state index contributed by atoms with van der Waals surface area (Å²) in [6.07, 6.45) is 4.09. The average molecular weight is 310 g/mol. The Balaban J connectivity index is 2.97. The number of carboxylic acid groups (broad SMARTS) is 3. The van der Waals surface area contributed by atoms with Crippen LogP contribution in [0.4, 0.5) is 0 Å². The van der Waals surface area contributed by atoms with E-state index in [1.807, 2.05) is 0 Å². The van der Waals surface area contributed by atoms with Crippen LogP contribution in [0, 0.1) is 5.92 Å². The summed E-state index contributed by atoms with van der Waals surface area (Å²) >= 11 is 0. The van der Waals surface area contributed by atoms with Gasteiger partial charge in [-0.2, -0.15) is 0 Å². The van der Waals surface area contributed by atoms with Crippen molar-refractivity contribution >= 4 is 24.1 Å². The highest BCUT2D eigenvalue weighted by atomic mass is 16.4. The molecule has 22 heavy (non-hydrogen) atoms. The third-order valence-electron chi connectivity index (χ3n) is 3.05. The van der Waals surface area contributed by atoms with E-state index in [1.165, 1.54) is 18.4 Å². The Labute approximate surface area is 126 Å². The summed E-state index contributed by atoms with van der Waals surface area (Å²) in [7, 11) is 0. The molecule has 8 heteroatoms. The van der Waals surface area contributed by atoms with E-state index in [4.69, 9.17) is 15.3 Å². The molecule has 0 unspecified atom stereocenters. The zero-order valence-electron chi connectivity index (χ0n) is 12.2. The van der Waals surface area contributed by atoms with Crippen molar-refractivity contribution in [1.29, 1.82) is 0 Å². The molecule has 0 aromatic carbocycles. The zero-order valence-corrected chi connectivity index (χ0v) is 12.2. The lowest BCUT2D eigenvalue weighted by Gasteiger charge is -2.21. The molecule has 4 N–H and O–H groups in total. The largest absolute Gasteiger partial charge is 0.480 e. The second kappa shape index (κ2) is 7.39. The first-order valence-electron chi connectivity index (χ1n) is 6.61. The third-order valence-corrected chi connectivity index (χ3v) is 3.05. The van der Waals surface area contributed by atoms with Crippen LogP contribution in [0.5, 0.6) is 0 Å². The summed E-state index contributed by atoms with van der Waals surface area (Å²) in [4.78, 5) is 36.9. The average Bonchev–Trinajstić information content (AvgIpc) is 2.42. The van der Waals surface area contributed by atoms with Gasteiger partial charge < -0.3 is 20.6 Å². The van der Waals surface area contributed by atoms with Crippen molar-refractivity contribution in [3.8, 4) is 0 Å². The Morgan fingerprint density at radius 2 is 1.95 bits per heavy atom. The monoisotopic (exact) mass is 310 g/mol. The van der Waals surface area contributed by atoms with Crippen LogP contribution in [0.25, 0.3) is 0 Å². The number of allylic oxidation sites excluding steroid dienone is 2. The molecule has 0 aliphatic carbocycles. The van der Waals surface area contributed by atoms with Crippen LogP contribution in [-0.2, 0) is 14.4 Å². The predicted molar refractivity (Wildman–Crippen MR) is 77.7 cm³/mol. The minimum Gasteiger partial charge on any atom is -0.480 e. The Morgan fingerprint density at radius 1 is 1.32 bits per heavy atom. The summed E-state index contributed by atoms with van der Waals surface area (Å²) in [5.41, 5.74) is 0.220. The quantitative estimate of drug-likeness (QED) is 0.524. The highest BCUT2D eigenvalue weighted by Crippen LogP contribution is 2.16. The summed E-state index contributed by atoms with van der Waals surface area (Å²) in [5.74, 6) is -3.68. The summed E-state index contributed by atoms with van der Waals surface area (Å²) in [6, 6.07) is -1.95. The number of carboxylic acids is 3. The number of hydrogen-bond donors (Lipinski definition) is 4. The van der Waals surface area contributed by atoms with E-state index >= 15 is 0 Å². The molecule has 1 aliphatic rings. The van der Waals surface area contributed by atoms with Crippen LogP contribution < -0.4 is 5.32 Å². The molecule has 8 nitrogen and oxygen atoms in total. The van der Waals surface area contributed by atoms with E-state index in [9.17, 15) is 14.4 Å². The minimum atomic E-state index is -1.26. The molecule has 0 aromatic rings. The number of nitrogens with zero attached hydrogens (tertiary/aromatic N) is 1. The van der Waals surface area contributed by atoms with Gasteiger partial charge in [0.25, 0.3) is 0 Å². The summed E-state index contributed by atoms with van der Waals surface area (Å²) in [6.45, 7) is 3.44. The lowest BCUT2D eigenvalue weighted by molar-refractivity contribution is -0.140. The maximum Gasteiger partial charge on any atom is 0.351 e. The molecule has 1 aliphatic heterocycles. The van der Waals surface area contributed by atoms with Crippen LogP contribution in [0.15, 0.2) is 28.4 Å². The van der Waals surface area contributed by atoms with Crippen molar-refractivity contribution in [2.75, 3.05) is 0 Å². The van der Waals surface area contributed by atoms with Gasteiger partial charge in [0.2, 0.25) is 0 Å². The fraction of sp³-hybridized carbons (Fsp3) is 0.429. The molecule has 0 saturated carbocycles. The van der Waals surface area contributed by atoms with E-state index in [0.29, 0.717) is 5.57 Å². The molecule has 1 rings (SSSR count). The number of aliphatic imine (C=N–C) groups is 1. The predicted octanol–water partition coefficient (Wildman–Crippen LogP) is 0.508. The summed E-state index contributed by atoms with van der Waals surface area (Å²) < 4.78 is 0. The van der Waals surface area contributed by atoms with Gasteiger partial charge in [-0.05, 0) is 23.6 Å². The molecule has 1 heterocycles. The SMILES string of the molecule is CC(C)[C@H](N=C/C=C1/C=C(C(=O)O)N[C@H](C(=O)O)C1)C(=O)O. The van der Waals surface area contributed by atoms with Gasteiger partial charge in [0, 0.05) is 12.6 Å². The Bertz CT molecular complexity index is 562. The van der Waals surface area contributed by atoms with Gasteiger partial charge in [0.05, 0.1) is 0 Å². The van der Waals surface area contributed by atoms with E-state index in [2.05, 4.69) is 10.3 Å². The molecular weight excluding hydrogens is 292 g/mol. The molecule has 0 radical (unpaired) electrons. The number of rotatable bonds is 6. The van der Waals surface area contributed by atoms with Crippen molar-refractivity contribution in [3.05, 3.63) is 23.4 Å². The second-order valence-corrected chi connectivity index (χ2v) is 5.17. The minimum absolute atomic E-state index is 0.0809. The van der Waals surface area contributed by atoms with Crippen molar-refractivity contribution < 1.29 is 29.7 Å². The van der Waals surface area contributed by atoms with Gasteiger partial charge in [-0.1, -0.05) is 13.8 Å². The summed E-state index contributed by atoms with van der Waals surface area (Å²) in [5, 5.41) is 29.3. The highest BCUT2D eigenvalue weighted by Gasteiger charge is 2.26. The second-order valence-electron chi connectivity index (χ2n) is 5.17. The van der Waals surface area contributed by atoms with Crippen LogP contribution in [0.3, 0.4) is 0 Å². The molecule has 0 bridgehead atoms. The van der Waals surface area contributed by atoms with E-state index in [-0.39, 0.29) is 18.0 Å². The number of aliphatic carboxylic acids is 3. The van der Waals surface area contributed by atoms with Crippen molar-refractivity contribution in [2.45, 2.75) is 32.4 Å². The van der Waals surface area contributed by atoms with Gasteiger partial charge >= 0.3 is 17.9 Å². The van der Waals surface area contributed by atoms with Crippen molar-refractivity contribution in [1.82, 2.24) is 5.32 Å². The molecule has 0 aromatic heterocycles. The molecule has 2 atom stereocenters. The highest BCUT2D eigenvalue weighted by molar-refractivity contribution is 5.89. The lowest BCUT2D eigenvalue weighted by Crippen LogP contribution is -2.41. The van der Waals surface area contributed by atoms with E-state index in [0.717, 1.165) is 0 Å². The van der Waals surface area contributed by atoms with E-state index in [1.54, 1.807) is 13.8 Å². The lowest BCUT2D eigenvalue weighted by atomic mass is 10.00. The molecule has 0 saturated heterocycles. The van der Waals surface area contributed by atoms with Crippen LogP contribution in [0.1, 0.15) is 20.3 Å². The first-order valence-corrected chi connectivity index (χ1v) is 6.61. The number of nitrogens with one attached hydrogen (secondary N) is 1. The standard InChI is InChI=1S/C14H18N2O6/c1-7(2)11(14(21)22)15-4-3-8-5-9(12(17)18)16-10(6-8)13(19)20/h3-5,7,10-11,16H,6H2,1-2H3,(H,17,18)(H,19,20)(H,21,22)/b8-3-,15-4?/t10-,11-/m0/s1. The molecule has 0 amide bonds. The third kappa shape index (κ3) is 4.72. The smallest absolute Gasteiger partial charge is 0.351 e. The van der Waals surface area contributed by atoms with Crippen LogP contribution >= 0.6 is 0 Å². The fourth-order valence-corrected chi connectivity index (χ4v) is 1.90. The molecule has 0 fully saturated rings. The molecule has 0 spiro atoms. The molecule has 120 valence electrons. The number of hydrogen-bond acceptors (Lipinski definition) is 5.